The Morgan fingerprint density at radius 1 is 1.33 bits per heavy atom. The molecule has 2 amide bonds. The first kappa shape index (κ1) is 22.0. The third kappa shape index (κ3) is 4.55. The summed E-state index contributed by atoms with van der Waals surface area (Å²) < 4.78 is 46.2. The van der Waals surface area contributed by atoms with Crippen LogP contribution in [0.5, 0.6) is 5.88 Å². The van der Waals surface area contributed by atoms with Crippen LogP contribution in [0.2, 0.25) is 0 Å². The van der Waals surface area contributed by atoms with Crippen molar-refractivity contribution in [2.75, 3.05) is 32.7 Å². The lowest BCUT2D eigenvalue weighted by Crippen LogP contribution is -2.53. The molecule has 10 nitrogen and oxygen atoms in total. The molecule has 0 saturated carbocycles. The normalized spacial score (nSPS) is 16.3. The number of aromatic nitrogens is 2. The van der Waals surface area contributed by atoms with Crippen LogP contribution in [0.15, 0.2) is 37.2 Å². The van der Waals surface area contributed by atoms with E-state index in [2.05, 4.69) is 16.9 Å². The average molecular weight is 460 g/mol. The molecule has 0 bridgehead atoms. The highest BCUT2D eigenvalue weighted by molar-refractivity contribution is 7.87. The van der Waals surface area contributed by atoms with Crippen LogP contribution in [0.4, 0.5) is 4.39 Å². The first-order valence-corrected chi connectivity index (χ1v) is 10.7. The number of carbonyl (C=O) groups excluding carboxylic acids is 2. The second-order valence-corrected chi connectivity index (χ2v) is 8.40. The van der Waals surface area contributed by atoms with Crippen LogP contribution in [0, 0.1) is 0 Å². The lowest BCUT2D eigenvalue weighted by atomic mass is 10.3. The Bertz CT molecular complexity index is 1070. The maximum absolute atomic E-state index is 13.1. The molecule has 0 aromatic carbocycles. The predicted molar refractivity (Wildman–Crippen MR) is 107 cm³/mol. The number of nitrogens with zero attached hydrogens (tertiary/aromatic N) is 4. The minimum Gasteiger partial charge on any atom is -0.429 e. The fraction of sp³-hybridized carbons (Fsp3) is 0.353. The maximum atomic E-state index is 13.1. The van der Waals surface area contributed by atoms with Gasteiger partial charge in [-0.2, -0.15) is 17.1 Å². The molecule has 2 aromatic rings. The smallest absolute Gasteiger partial charge is 0.317 e. The summed E-state index contributed by atoms with van der Waals surface area (Å²) in [7, 11) is -3.95. The Kier molecular flexibility index (Phi) is 6.58. The number of nitrogens with one attached hydrogen (secondary N) is 1. The molecule has 3 rings (SSSR count). The van der Waals surface area contributed by atoms with Crippen molar-refractivity contribution in [2.24, 2.45) is 0 Å². The molecule has 1 fully saturated rings. The molecule has 1 aliphatic rings. The third-order valence-corrected chi connectivity index (χ3v) is 6.43. The van der Waals surface area contributed by atoms with Gasteiger partial charge in [0, 0.05) is 38.6 Å². The first-order valence-electron chi connectivity index (χ1n) is 8.83. The average Bonchev–Trinajstić information content (AvgIpc) is 3.17. The topological polar surface area (TPSA) is 114 Å². The van der Waals surface area contributed by atoms with Crippen molar-refractivity contribution in [3.8, 4) is 5.88 Å². The standard InChI is InChI=1S/C17H19ClFN5O5S/c1-2-14(25)21-11-15(26)22-7-9-23(10-8-22)30(27,28)24-6-4-12-13(24)3-5-20-16(12)29-17(18)19/h2-6,17H,1,7-11H2,(H,21,25). The number of ether oxygens (including phenoxy) is 1. The molecule has 3 heterocycles. The van der Waals surface area contributed by atoms with E-state index in [0.717, 1.165) is 10.0 Å². The van der Waals surface area contributed by atoms with Crippen LogP contribution in [0.3, 0.4) is 0 Å². The number of amides is 2. The number of pyridine rings is 1. The van der Waals surface area contributed by atoms with Gasteiger partial charge < -0.3 is 15.0 Å². The number of alkyl halides is 2. The minimum absolute atomic E-state index is 0.0752. The van der Waals surface area contributed by atoms with Crippen LogP contribution < -0.4 is 10.1 Å². The molecule has 1 atom stereocenters. The molecular weight excluding hydrogens is 441 g/mol. The first-order chi connectivity index (χ1) is 14.2. The zero-order valence-corrected chi connectivity index (χ0v) is 17.3. The van der Waals surface area contributed by atoms with Crippen molar-refractivity contribution in [3.05, 3.63) is 37.2 Å². The maximum Gasteiger partial charge on any atom is 0.317 e. The van der Waals surface area contributed by atoms with Crippen LogP contribution in [-0.2, 0) is 19.8 Å². The lowest BCUT2D eigenvalue weighted by Gasteiger charge is -2.34. The molecule has 30 heavy (non-hydrogen) atoms. The number of fused-ring (bicyclic) bond motifs is 1. The van der Waals surface area contributed by atoms with Gasteiger partial charge in [0.25, 0.3) is 0 Å². The third-order valence-electron chi connectivity index (χ3n) is 4.51. The number of hydrogen-bond donors (Lipinski definition) is 1. The van der Waals surface area contributed by atoms with Crippen molar-refractivity contribution >= 4 is 44.5 Å². The summed E-state index contributed by atoms with van der Waals surface area (Å²) in [6.07, 6.45) is 3.67. The molecule has 0 spiro atoms. The number of carbonyl (C=O) groups is 2. The highest BCUT2D eigenvalue weighted by Crippen LogP contribution is 2.27. The van der Waals surface area contributed by atoms with E-state index in [9.17, 15) is 22.4 Å². The van der Waals surface area contributed by atoms with Crippen molar-refractivity contribution in [1.29, 1.82) is 0 Å². The highest BCUT2D eigenvalue weighted by Gasteiger charge is 2.31. The van der Waals surface area contributed by atoms with Gasteiger partial charge in [-0.25, -0.2) is 8.96 Å². The van der Waals surface area contributed by atoms with Gasteiger partial charge in [0.15, 0.2) is 0 Å². The highest BCUT2D eigenvalue weighted by atomic mass is 35.5. The van der Waals surface area contributed by atoms with E-state index < -0.39 is 21.9 Å². The molecule has 1 aliphatic heterocycles. The van der Waals surface area contributed by atoms with Crippen molar-refractivity contribution in [1.82, 2.24) is 23.5 Å². The predicted octanol–water partition coefficient (Wildman–Crippen LogP) is 0.446. The largest absolute Gasteiger partial charge is 0.429 e. The monoisotopic (exact) mass is 459 g/mol. The van der Waals surface area contributed by atoms with Gasteiger partial charge in [-0.15, -0.1) is 0 Å². The van der Waals surface area contributed by atoms with E-state index in [1.54, 1.807) is 0 Å². The van der Waals surface area contributed by atoms with E-state index in [-0.39, 0.29) is 55.4 Å². The van der Waals surface area contributed by atoms with E-state index >= 15 is 0 Å². The van der Waals surface area contributed by atoms with Gasteiger partial charge in [0.05, 0.1) is 17.4 Å². The van der Waals surface area contributed by atoms with Crippen molar-refractivity contribution < 1.29 is 27.1 Å². The Morgan fingerprint density at radius 2 is 2.03 bits per heavy atom. The fourth-order valence-corrected chi connectivity index (χ4v) is 4.62. The Morgan fingerprint density at radius 3 is 2.67 bits per heavy atom. The van der Waals surface area contributed by atoms with Crippen molar-refractivity contribution in [3.63, 3.8) is 0 Å². The summed E-state index contributed by atoms with van der Waals surface area (Å²) in [5.41, 5.74) is 0.253. The number of halogens is 2. The zero-order valence-electron chi connectivity index (χ0n) is 15.7. The summed E-state index contributed by atoms with van der Waals surface area (Å²) in [5, 5.41) is 2.68. The van der Waals surface area contributed by atoms with Gasteiger partial charge in [-0.05, 0) is 29.8 Å². The Labute approximate surface area is 177 Å². The van der Waals surface area contributed by atoms with Gasteiger partial charge in [0.1, 0.15) is 0 Å². The summed E-state index contributed by atoms with van der Waals surface area (Å²) in [5.74, 6) is -3.02. The molecule has 13 heteroatoms. The number of rotatable bonds is 7. The second-order valence-electron chi connectivity index (χ2n) is 6.25. The van der Waals surface area contributed by atoms with Gasteiger partial charge in [0.2, 0.25) is 17.7 Å². The Hall–Kier alpha value is -2.70. The SMILES string of the molecule is C=CC(=O)NCC(=O)N1CCN(S(=O)(=O)n2ccc3c(OC(F)Cl)nccc32)CC1. The summed E-state index contributed by atoms with van der Waals surface area (Å²) in [4.78, 5) is 28.7. The van der Waals surface area contributed by atoms with E-state index in [4.69, 9.17) is 16.3 Å². The second kappa shape index (κ2) is 8.98. The molecule has 162 valence electrons. The molecule has 2 aromatic heterocycles. The van der Waals surface area contributed by atoms with Crippen LogP contribution in [0.1, 0.15) is 0 Å². The quantitative estimate of drug-likeness (QED) is 0.475. The molecule has 1 unspecified atom stereocenters. The Balaban J connectivity index is 1.72. The molecular formula is C17H19ClFN5O5S. The molecule has 1 saturated heterocycles. The fourth-order valence-electron chi connectivity index (χ4n) is 3.03. The van der Waals surface area contributed by atoms with Crippen LogP contribution in [0.25, 0.3) is 10.9 Å². The molecule has 1 N–H and O–H groups in total. The van der Waals surface area contributed by atoms with Gasteiger partial charge >= 0.3 is 16.0 Å². The number of piperazine rings is 1. The van der Waals surface area contributed by atoms with Gasteiger partial charge in [-0.3, -0.25) is 9.59 Å². The molecule has 0 radical (unpaired) electrons. The van der Waals surface area contributed by atoms with Crippen LogP contribution >= 0.6 is 11.6 Å². The van der Waals surface area contributed by atoms with Crippen molar-refractivity contribution in [2.45, 2.75) is 5.82 Å². The van der Waals surface area contributed by atoms with E-state index in [1.807, 2.05) is 0 Å². The van der Waals surface area contributed by atoms with E-state index in [1.165, 1.54) is 33.7 Å². The van der Waals surface area contributed by atoms with Crippen LogP contribution in [-0.4, -0.2) is 76.9 Å². The zero-order chi connectivity index (χ0) is 21.9. The minimum atomic E-state index is -3.95. The summed E-state index contributed by atoms with van der Waals surface area (Å²) in [6, 6.07) is 2.90. The molecule has 0 aliphatic carbocycles. The van der Waals surface area contributed by atoms with Gasteiger partial charge in [-0.1, -0.05) is 6.58 Å². The lowest BCUT2D eigenvalue weighted by molar-refractivity contribution is -0.133. The number of hydrogen-bond acceptors (Lipinski definition) is 6. The van der Waals surface area contributed by atoms with E-state index in [0.29, 0.717) is 0 Å². The summed E-state index contributed by atoms with van der Waals surface area (Å²) >= 11 is 5.20. The summed E-state index contributed by atoms with van der Waals surface area (Å²) in [6.45, 7) is 3.61.